The van der Waals surface area contributed by atoms with Gasteiger partial charge in [0.1, 0.15) is 5.82 Å². The van der Waals surface area contributed by atoms with Crippen molar-refractivity contribution >= 4 is 5.91 Å². The van der Waals surface area contributed by atoms with E-state index >= 15 is 0 Å². The van der Waals surface area contributed by atoms with E-state index < -0.39 is 5.82 Å². The average Bonchev–Trinajstić information content (AvgIpc) is 2.98. The molecule has 2 heterocycles. The van der Waals surface area contributed by atoms with Gasteiger partial charge >= 0.3 is 0 Å². The van der Waals surface area contributed by atoms with Gasteiger partial charge in [0, 0.05) is 19.1 Å². The molecule has 1 amide bonds. The number of aryl methyl sites for hydroxylation is 1. The van der Waals surface area contributed by atoms with Gasteiger partial charge in [-0.15, -0.1) is 0 Å². The monoisotopic (exact) mass is 304 g/mol. The van der Waals surface area contributed by atoms with Gasteiger partial charge in [-0.3, -0.25) is 4.79 Å². The molecule has 1 unspecified atom stereocenters. The number of benzene rings is 1. The van der Waals surface area contributed by atoms with Crippen LogP contribution >= 0.6 is 0 Å². The zero-order valence-corrected chi connectivity index (χ0v) is 13.4. The van der Waals surface area contributed by atoms with Gasteiger partial charge in [0.25, 0.3) is 5.91 Å². The van der Waals surface area contributed by atoms with Crippen molar-refractivity contribution in [3.63, 3.8) is 0 Å². The Kier molecular flexibility index (Phi) is 4.77. The van der Waals surface area contributed by atoms with Gasteiger partial charge in [0.15, 0.2) is 0 Å². The Labute approximate surface area is 132 Å². The second-order valence-electron chi connectivity index (χ2n) is 6.64. The van der Waals surface area contributed by atoms with Gasteiger partial charge in [-0.05, 0) is 57.8 Å². The molecule has 120 valence electrons. The Morgan fingerprint density at radius 2 is 1.95 bits per heavy atom. The van der Waals surface area contributed by atoms with Crippen LogP contribution in [0.25, 0.3) is 0 Å². The Morgan fingerprint density at radius 1 is 1.18 bits per heavy atom. The predicted molar refractivity (Wildman–Crippen MR) is 85.5 cm³/mol. The number of hydrogen-bond acceptors (Lipinski definition) is 2. The molecule has 0 N–H and O–H groups in total. The Balaban J connectivity index is 1.71. The molecule has 2 aliphatic heterocycles. The second-order valence-corrected chi connectivity index (χ2v) is 6.64. The highest BCUT2D eigenvalue weighted by Crippen LogP contribution is 2.23. The maximum Gasteiger partial charge on any atom is 0.257 e. The lowest BCUT2D eigenvalue weighted by atomic mass is 10.1. The summed E-state index contributed by atoms with van der Waals surface area (Å²) in [4.78, 5) is 17.1. The maximum absolute atomic E-state index is 14.0. The second kappa shape index (κ2) is 6.78. The summed E-state index contributed by atoms with van der Waals surface area (Å²) in [7, 11) is 0. The van der Waals surface area contributed by atoms with E-state index in [0.717, 1.165) is 44.6 Å². The van der Waals surface area contributed by atoms with E-state index in [4.69, 9.17) is 0 Å². The van der Waals surface area contributed by atoms with Gasteiger partial charge in [-0.1, -0.05) is 18.1 Å². The Morgan fingerprint density at radius 3 is 2.73 bits per heavy atom. The molecule has 0 radical (unpaired) electrons. The van der Waals surface area contributed by atoms with Crippen molar-refractivity contribution in [3.05, 3.63) is 35.1 Å². The number of piperidine rings is 1. The number of likely N-dealkylation sites (tertiary alicyclic amines) is 2. The number of carbonyl (C=O) groups is 1. The molecule has 2 saturated heterocycles. The molecule has 22 heavy (non-hydrogen) atoms. The lowest BCUT2D eigenvalue weighted by molar-refractivity contribution is 0.0685. The maximum atomic E-state index is 14.0. The molecular weight excluding hydrogens is 279 g/mol. The van der Waals surface area contributed by atoms with Gasteiger partial charge in [-0.2, -0.15) is 0 Å². The number of halogens is 1. The third-order valence-corrected chi connectivity index (χ3v) is 4.91. The fraction of sp³-hybridized carbons (Fsp3) is 0.611. The third-order valence-electron chi connectivity index (χ3n) is 4.91. The van der Waals surface area contributed by atoms with E-state index in [0.29, 0.717) is 0 Å². The van der Waals surface area contributed by atoms with E-state index in [1.54, 1.807) is 12.1 Å². The van der Waals surface area contributed by atoms with Crippen molar-refractivity contribution in [2.45, 2.75) is 45.1 Å². The minimum Gasteiger partial charge on any atom is -0.334 e. The minimum absolute atomic E-state index is 0.138. The molecule has 4 heteroatoms. The first-order valence-electron chi connectivity index (χ1n) is 8.44. The fourth-order valence-electron chi connectivity index (χ4n) is 3.69. The molecule has 0 aromatic heterocycles. The molecule has 3 rings (SSSR count). The topological polar surface area (TPSA) is 23.6 Å². The van der Waals surface area contributed by atoms with Crippen LogP contribution < -0.4 is 0 Å². The number of nitrogens with zero attached hydrogens (tertiary/aromatic N) is 2. The van der Waals surface area contributed by atoms with Crippen LogP contribution in [0.4, 0.5) is 4.39 Å². The molecule has 3 nitrogen and oxygen atoms in total. The molecule has 2 aliphatic rings. The summed E-state index contributed by atoms with van der Waals surface area (Å²) >= 11 is 0. The first kappa shape index (κ1) is 15.5. The highest BCUT2D eigenvalue weighted by atomic mass is 19.1. The van der Waals surface area contributed by atoms with Crippen molar-refractivity contribution in [1.29, 1.82) is 0 Å². The highest BCUT2D eigenvalue weighted by Gasteiger charge is 2.32. The van der Waals surface area contributed by atoms with E-state index in [9.17, 15) is 9.18 Å². The Hall–Kier alpha value is -1.42. The van der Waals surface area contributed by atoms with Crippen LogP contribution in [0.2, 0.25) is 0 Å². The molecule has 1 atom stereocenters. The molecule has 1 aromatic rings. The summed E-state index contributed by atoms with van der Waals surface area (Å²) in [5, 5.41) is 0. The van der Waals surface area contributed by atoms with Crippen molar-refractivity contribution in [2.24, 2.45) is 0 Å². The normalized spacial score (nSPS) is 23.0. The lowest BCUT2D eigenvalue weighted by Gasteiger charge is -2.33. The SMILES string of the molecule is Cc1ccc(F)c(C(=O)N2CCCC2CN2CCCCC2)c1. The Bertz CT molecular complexity index is 540. The summed E-state index contributed by atoms with van der Waals surface area (Å²) in [6.45, 7) is 5.87. The standard InChI is InChI=1S/C18H25FN2O/c1-14-7-8-17(19)16(12-14)18(22)21-11-5-6-15(21)13-20-9-3-2-4-10-20/h7-8,12,15H,2-6,9-11,13H2,1H3. The van der Waals surface area contributed by atoms with Crippen molar-refractivity contribution in [2.75, 3.05) is 26.2 Å². The number of amides is 1. The first-order chi connectivity index (χ1) is 10.6. The molecular formula is C18H25FN2O. The van der Waals surface area contributed by atoms with E-state index in [2.05, 4.69) is 4.90 Å². The molecule has 0 saturated carbocycles. The zero-order chi connectivity index (χ0) is 15.5. The van der Waals surface area contributed by atoms with Crippen LogP contribution in [0, 0.1) is 12.7 Å². The van der Waals surface area contributed by atoms with Gasteiger partial charge in [0.2, 0.25) is 0 Å². The van der Waals surface area contributed by atoms with Crippen LogP contribution in [0.5, 0.6) is 0 Å². The molecule has 0 aliphatic carbocycles. The van der Waals surface area contributed by atoms with Gasteiger partial charge in [-0.25, -0.2) is 4.39 Å². The van der Waals surface area contributed by atoms with Gasteiger partial charge < -0.3 is 9.80 Å². The summed E-state index contributed by atoms with van der Waals surface area (Å²) < 4.78 is 14.0. The van der Waals surface area contributed by atoms with Crippen molar-refractivity contribution in [1.82, 2.24) is 9.80 Å². The van der Waals surface area contributed by atoms with Crippen LogP contribution in [0.1, 0.15) is 48.0 Å². The minimum atomic E-state index is -0.403. The number of hydrogen-bond donors (Lipinski definition) is 0. The zero-order valence-electron chi connectivity index (χ0n) is 13.4. The summed E-state index contributed by atoms with van der Waals surface area (Å²) in [5.41, 5.74) is 1.15. The highest BCUT2D eigenvalue weighted by molar-refractivity contribution is 5.95. The molecule has 2 fully saturated rings. The smallest absolute Gasteiger partial charge is 0.257 e. The summed E-state index contributed by atoms with van der Waals surface area (Å²) in [6.07, 6.45) is 5.89. The van der Waals surface area contributed by atoms with Crippen LogP contribution in [0.3, 0.4) is 0 Å². The molecule has 0 bridgehead atoms. The van der Waals surface area contributed by atoms with Crippen LogP contribution in [0.15, 0.2) is 18.2 Å². The first-order valence-corrected chi connectivity index (χ1v) is 8.44. The van der Waals surface area contributed by atoms with E-state index in [1.807, 2.05) is 11.8 Å². The van der Waals surface area contributed by atoms with Crippen LogP contribution in [-0.4, -0.2) is 47.9 Å². The van der Waals surface area contributed by atoms with E-state index in [1.165, 1.54) is 25.3 Å². The molecule has 1 aromatic carbocycles. The third kappa shape index (κ3) is 3.32. The van der Waals surface area contributed by atoms with Crippen LogP contribution in [-0.2, 0) is 0 Å². The number of carbonyl (C=O) groups excluding carboxylic acids is 1. The average molecular weight is 304 g/mol. The summed E-state index contributed by atoms with van der Waals surface area (Å²) in [5.74, 6) is -0.542. The fourth-order valence-corrected chi connectivity index (χ4v) is 3.69. The van der Waals surface area contributed by atoms with E-state index in [-0.39, 0.29) is 17.5 Å². The van der Waals surface area contributed by atoms with Gasteiger partial charge in [0.05, 0.1) is 5.56 Å². The predicted octanol–water partition coefficient (Wildman–Crippen LogP) is 3.22. The largest absolute Gasteiger partial charge is 0.334 e. The molecule has 0 spiro atoms. The van der Waals surface area contributed by atoms with Crippen molar-refractivity contribution < 1.29 is 9.18 Å². The lowest BCUT2D eigenvalue weighted by Crippen LogP contribution is -2.44. The quantitative estimate of drug-likeness (QED) is 0.856. The summed E-state index contributed by atoms with van der Waals surface area (Å²) in [6, 6.07) is 5.03. The van der Waals surface area contributed by atoms with Crippen molar-refractivity contribution in [3.8, 4) is 0 Å². The number of rotatable bonds is 3.